The van der Waals surface area contributed by atoms with Gasteiger partial charge in [0.15, 0.2) is 0 Å². The van der Waals surface area contributed by atoms with E-state index in [1.807, 2.05) is 4.90 Å². The molecule has 4 nitrogen and oxygen atoms in total. The Morgan fingerprint density at radius 1 is 1.08 bits per heavy atom. The molecule has 3 unspecified atom stereocenters. The van der Waals surface area contributed by atoms with Crippen molar-refractivity contribution in [3.8, 4) is 0 Å². The van der Waals surface area contributed by atoms with Crippen molar-refractivity contribution in [1.29, 1.82) is 0 Å². The third kappa shape index (κ3) is 3.98. The third-order valence-corrected chi connectivity index (χ3v) is 5.32. The summed E-state index contributed by atoms with van der Waals surface area (Å²) in [7, 11) is 0. The Balaban J connectivity index is 1.87. The quantitative estimate of drug-likeness (QED) is 0.925. The number of aryl methyl sites for hydroxylation is 1. The van der Waals surface area contributed by atoms with Gasteiger partial charge in [0.2, 0.25) is 5.91 Å². The molecule has 1 amide bonds. The van der Waals surface area contributed by atoms with E-state index < -0.39 is 0 Å². The molecule has 0 aromatic heterocycles. The molecule has 0 radical (unpaired) electrons. The highest BCUT2D eigenvalue weighted by Gasteiger charge is 2.35. The Labute approximate surface area is 146 Å². The van der Waals surface area contributed by atoms with Crippen molar-refractivity contribution in [2.45, 2.75) is 33.2 Å². The maximum Gasteiger partial charge on any atom is 0.244 e. The fourth-order valence-corrected chi connectivity index (χ4v) is 4.24. The van der Waals surface area contributed by atoms with Gasteiger partial charge in [-0.05, 0) is 30.7 Å². The largest absolute Gasteiger partial charge is 0.338 e. The molecule has 3 atom stereocenters. The minimum absolute atomic E-state index is 0.131. The second-order valence-corrected chi connectivity index (χ2v) is 7.79. The van der Waals surface area contributed by atoms with Gasteiger partial charge in [0, 0.05) is 39.3 Å². The van der Waals surface area contributed by atoms with Gasteiger partial charge < -0.3 is 10.2 Å². The molecular formula is C20H31N3O. The molecule has 2 heterocycles. The number of hydrogen-bond donors (Lipinski definition) is 1. The van der Waals surface area contributed by atoms with E-state index in [1.54, 1.807) is 0 Å². The maximum absolute atomic E-state index is 13.4. The third-order valence-electron chi connectivity index (χ3n) is 5.32. The van der Waals surface area contributed by atoms with Crippen LogP contribution in [-0.2, 0) is 4.79 Å². The van der Waals surface area contributed by atoms with Gasteiger partial charge in [-0.1, -0.05) is 43.7 Å². The Morgan fingerprint density at radius 2 is 1.67 bits per heavy atom. The van der Waals surface area contributed by atoms with Crippen LogP contribution in [0.25, 0.3) is 0 Å². The highest BCUT2D eigenvalue weighted by Crippen LogP contribution is 2.31. The monoisotopic (exact) mass is 329 g/mol. The highest BCUT2D eigenvalue weighted by atomic mass is 16.2. The second kappa shape index (κ2) is 7.66. The number of carbonyl (C=O) groups excluding carboxylic acids is 1. The van der Waals surface area contributed by atoms with Gasteiger partial charge in [-0.2, -0.15) is 0 Å². The Kier molecular flexibility index (Phi) is 5.57. The number of piperidine rings is 1. The number of nitrogens with zero attached hydrogens (tertiary/aromatic N) is 2. The van der Waals surface area contributed by atoms with Crippen LogP contribution in [0.1, 0.15) is 37.4 Å². The minimum Gasteiger partial charge on any atom is -0.338 e. The molecule has 2 saturated heterocycles. The molecule has 0 aliphatic carbocycles. The summed E-state index contributed by atoms with van der Waals surface area (Å²) in [6.45, 7) is 12.2. The van der Waals surface area contributed by atoms with Gasteiger partial charge in [0.25, 0.3) is 0 Å². The number of nitrogens with one attached hydrogen (secondary N) is 1. The minimum atomic E-state index is -0.131. The number of carbonyl (C=O) groups is 1. The van der Waals surface area contributed by atoms with Crippen LogP contribution < -0.4 is 5.32 Å². The van der Waals surface area contributed by atoms with Crippen LogP contribution in [0.2, 0.25) is 0 Å². The van der Waals surface area contributed by atoms with Crippen molar-refractivity contribution in [1.82, 2.24) is 15.1 Å². The summed E-state index contributed by atoms with van der Waals surface area (Å²) in [4.78, 5) is 17.8. The van der Waals surface area contributed by atoms with Crippen LogP contribution >= 0.6 is 0 Å². The van der Waals surface area contributed by atoms with Crippen LogP contribution in [-0.4, -0.2) is 55.0 Å². The second-order valence-electron chi connectivity index (χ2n) is 7.79. The Hall–Kier alpha value is -1.39. The van der Waals surface area contributed by atoms with Crippen molar-refractivity contribution >= 4 is 5.91 Å². The number of rotatable bonds is 3. The van der Waals surface area contributed by atoms with E-state index in [-0.39, 0.29) is 11.9 Å². The molecule has 0 spiro atoms. The maximum atomic E-state index is 13.4. The summed E-state index contributed by atoms with van der Waals surface area (Å²) < 4.78 is 0. The number of piperazine rings is 1. The summed E-state index contributed by atoms with van der Waals surface area (Å²) in [5.41, 5.74) is 2.39. The van der Waals surface area contributed by atoms with Gasteiger partial charge in [-0.3, -0.25) is 9.69 Å². The van der Waals surface area contributed by atoms with Crippen molar-refractivity contribution in [2.75, 3.05) is 39.3 Å². The van der Waals surface area contributed by atoms with Crippen molar-refractivity contribution in [3.05, 3.63) is 35.4 Å². The smallest absolute Gasteiger partial charge is 0.244 e. The first-order valence-electron chi connectivity index (χ1n) is 9.34. The molecule has 4 heteroatoms. The highest BCUT2D eigenvalue weighted by molar-refractivity contribution is 5.83. The molecule has 2 aliphatic rings. The topological polar surface area (TPSA) is 35.6 Å². The Bertz CT molecular complexity index is 541. The predicted molar refractivity (Wildman–Crippen MR) is 97.9 cm³/mol. The van der Waals surface area contributed by atoms with Gasteiger partial charge >= 0.3 is 0 Å². The van der Waals surface area contributed by atoms with Crippen LogP contribution in [0, 0.1) is 18.8 Å². The van der Waals surface area contributed by atoms with Gasteiger partial charge in [0.1, 0.15) is 6.04 Å². The summed E-state index contributed by atoms with van der Waals surface area (Å²) >= 11 is 0. The van der Waals surface area contributed by atoms with E-state index in [1.165, 1.54) is 12.0 Å². The lowest BCUT2D eigenvalue weighted by Gasteiger charge is -2.42. The van der Waals surface area contributed by atoms with Crippen LogP contribution in [0.3, 0.4) is 0 Å². The average molecular weight is 329 g/mol. The van der Waals surface area contributed by atoms with E-state index in [2.05, 4.69) is 55.3 Å². The zero-order valence-corrected chi connectivity index (χ0v) is 15.3. The van der Waals surface area contributed by atoms with Gasteiger partial charge in [-0.25, -0.2) is 0 Å². The predicted octanol–water partition coefficient (Wildman–Crippen LogP) is 2.45. The SMILES string of the molecule is Cc1ccc(C(C(=O)N2CCNCC2)N2CC(C)CC(C)C2)cc1. The van der Waals surface area contributed by atoms with Crippen molar-refractivity contribution in [2.24, 2.45) is 11.8 Å². The van der Waals surface area contributed by atoms with Gasteiger partial charge in [0.05, 0.1) is 0 Å². The fourth-order valence-electron chi connectivity index (χ4n) is 4.24. The molecule has 132 valence electrons. The first-order chi connectivity index (χ1) is 11.5. The lowest BCUT2D eigenvalue weighted by atomic mass is 9.89. The molecule has 0 saturated carbocycles. The molecule has 1 aromatic carbocycles. The Morgan fingerprint density at radius 3 is 2.25 bits per heavy atom. The number of benzene rings is 1. The van der Waals surface area contributed by atoms with Crippen LogP contribution in [0.5, 0.6) is 0 Å². The molecule has 24 heavy (non-hydrogen) atoms. The first kappa shape index (κ1) is 17.4. The fraction of sp³-hybridized carbons (Fsp3) is 0.650. The van der Waals surface area contributed by atoms with Gasteiger partial charge in [-0.15, -0.1) is 0 Å². The molecule has 0 bridgehead atoms. The summed E-state index contributed by atoms with van der Waals surface area (Å²) in [5.74, 6) is 1.58. The van der Waals surface area contributed by atoms with E-state index in [9.17, 15) is 4.79 Å². The lowest BCUT2D eigenvalue weighted by molar-refractivity contribution is -0.139. The molecule has 1 N–H and O–H groups in total. The molecule has 2 fully saturated rings. The number of likely N-dealkylation sites (tertiary alicyclic amines) is 1. The summed E-state index contributed by atoms with van der Waals surface area (Å²) in [6.07, 6.45) is 1.26. The molecular weight excluding hydrogens is 298 g/mol. The summed E-state index contributed by atoms with van der Waals surface area (Å²) in [5, 5.41) is 3.34. The average Bonchev–Trinajstić information content (AvgIpc) is 2.57. The van der Waals surface area contributed by atoms with E-state index in [0.29, 0.717) is 11.8 Å². The summed E-state index contributed by atoms with van der Waals surface area (Å²) in [6, 6.07) is 8.41. The standard InChI is InChI=1S/C20H31N3O/c1-15-4-6-18(7-5-15)19(20(24)22-10-8-21-9-11-22)23-13-16(2)12-17(3)14-23/h4-7,16-17,19,21H,8-14H2,1-3H3. The lowest BCUT2D eigenvalue weighted by Crippen LogP contribution is -2.52. The normalized spacial score (nSPS) is 27.0. The van der Waals surface area contributed by atoms with E-state index in [4.69, 9.17) is 0 Å². The van der Waals surface area contributed by atoms with Crippen LogP contribution in [0.4, 0.5) is 0 Å². The molecule has 1 aromatic rings. The van der Waals surface area contributed by atoms with E-state index in [0.717, 1.165) is 44.8 Å². The molecule has 2 aliphatic heterocycles. The van der Waals surface area contributed by atoms with Crippen molar-refractivity contribution < 1.29 is 4.79 Å². The zero-order valence-electron chi connectivity index (χ0n) is 15.3. The first-order valence-corrected chi connectivity index (χ1v) is 9.34. The molecule has 3 rings (SSSR count). The van der Waals surface area contributed by atoms with Crippen molar-refractivity contribution in [3.63, 3.8) is 0 Å². The van der Waals surface area contributed by atoms with E-state index >= 15 is 0 Å². The zero-order chi connectivity index (χ0) is 17.1. The number of amides is 1. The number of hydrogen-bond acceptors (Lipinski definition) is 3. The van der Waals surface area contributed by atoms with Crippen LogP contribution in [0.15, 0.2) is 24.3 Å².